The molecule has 0 aliphatic carbocycles. The van der Waals surface area contributed by atoms with Crippen molar-refractivity contribution in [3.05, 3.63) is 0 Å². The number of rotatable bonds is 5. The first-order valence-corrected chi connectivity index (χ1v) is 8.27. The van der Waals surface area contributed by atoms with E-state index in [0.29, 0.717) is 32.6 Å². The molecule has 20 heavy (non-hydrogen) atoms. The van der Waals surface area contributed by atoms with Gasteiger partial charge in [-0.15, -0.1) is 0 Å². The molecule has 1 unspecified atom stereocenters. The maximum Gasteiger partial charge on any atom is 0.281 e. The van der Waals surface area contributed by atoms with Gasteiger partial charge in [0, 0.05) is 52.7 Å². The summed E-state index contributed by atoms with van der Waals surface area (Å²) >= 11 is 0. The fourth-order valence-corrected chi connectivity index (χ4v) is 3.05. The highest BCUT2D eigenvalue weighted by molar-refractivity contribution is 7.86. The third-order valence-corrected chi connectivity index (χ3v) is 5.59. The summed E-state index contributed by atoms with van der Waals surface area (Å²) in [5.74, 6) is 0.266. The zero-order valence-electron chi connectivity index (χ0n) is 12.7. The van der Waals surface area contributed by atoms with E-state index in [9.17, 15) is 13.2 Å². The van der Waals surface area contributed by atoms with E-state index in [1.165, 1.54) is 22.7 Å². The van der Waals surface area contributed by atoms with Crippen molar-refractivity contribution in [1.82, 2.24) is 13.5 Å². The molecule has 0 aromatic heterocycles. The molecule has 8 heteroatoms. The van der Waals surface area contributed by atoms with Gasteiger partial charge in [-0.2, -0.15) is 17.0 Å². The molecule has 0 radical (unpaired) electrons. The Hall–Kier alpha value is -0.700. The molecule has 1 rings (SSSR count). The molecule has 0 saturated carbocycles. The maximum absolute atomic E-state index is 12.1. The summed E-state index contributed by atoms with van der Waals surface area (Å²) in [7, 11) is -0.365. The van der Waals surface area contributed by atoms with Crippen LogP contribution in [0.1, 0.15) is 20.3 Å². The first kappa shape index (κ1) is 17.4. The predicted octanol–water partition coefficient (Wildman–Crippen LogP) is -0.690. The number of hydrogen-bond acceptors (Lipinski definition) is 4. The summed E-state index contributed by atoms with van der Waals surface area (Å²) in [4.78, 5) is 13.8. The van der Waals surface area contributed by atoms with Gasteiger partial charge in [-0.25, -0.2) is 0 Å². The Morgan fingerprint density at radius 3 is 2.10 bits per heavy atom. The molecule has 1 amide bonds. The normalized spacial score (nSPS) is 19.6. The quantitative estimate of drug-likeness (QED) is 0.728. The van der Waals surface area contributed by atoms with E-state index < -0.39 is 10.2 Å². The van der Waals surface area contributed by atoms with Crippen LogP contribution in [0.15, 0.2) is 0 Å². The Balaban J connectivity index is 2.52. The standard InChI is InChI=1S/C12H26N4O3S/c1-10(2)11(13)9-12(17)15-5-7-16(8-6-15)20(18,19)14(3)4/h10-11H,5-9,13H2,1-4H3. The minimum absolute atomic E-state index is 0.00750. The zero-order chi connectivity index (χ0) is 15.5. The largest absolute Gasteiger partial charge is 0.340 e. The molecule has 1 aliphatic heterocycles. The van der Waals surface area contributed by atoms with Gasteiger partial charge in [-0.05, 0) is 5.92 Å². The van der Waals surface area contributed by atoms with Gasteiger partial charge in [0.05, 0.1) is 0 Å². The fraction of sp³-hybridized carbons (Fsp3) is 0.917. The number of carbonyl (C=O) groups is 1. The summed E-state index contributed by atoms with van der Waals surface area (Å²) < 4.78 is 26.5. The van der Waals surface area contributed by atoms with Crippen LogP contribution in [0.5, 0.6) is 0 Å². The average Bonchev–Trinajstić information content (AvgIpc) is 2.38. The van der Waals surface area contributed by atoms with Gasteiger partial charge >= 0.3 is 0 Å². The van der Waals surface area contributed by atoms with Crippen LogP contribution in [0, 0.1) is 5.92 Å². The van der Waals surface area contributed by atoms with Crippen molar-refractivity contribution >= 4 is 16.1 Å². The van der Waals surface area contributed by atoms with Crippen LogP contribution in [0.4, 0.5) is 0 Å². The summed E-state index contributed by atoms with van der Waals surface area (Å²) in [5, 5.41) is 0. The topological polar surface area (TPSA) is 87.0 Å². The molecule has 0 aromatic carbocycles. The van der Waals surface area contributed by atoms with Crippen molar-refractivity contribution in [2.75, 3.05) is 40.3 Å². The predicted molar refractivity (Wildman–Crippen MR) is 78.2 cm³/mol. The Morgan fingerprint density at radius 2 is 1.70 bits per heavy atom. The molecule has 1 aliphatic rings. The van der Waals surface area contributed by atoms with Crippen LogP contribution >= 0.6 is 0 Å². The van der Waals surface area contributed by atoms with Crippen molar-refractivity contribution in [3.8, 4) is 0 Å². The zero-order valence-corrected chi connectivity index (χ0v) is 13.6. The highest BCUT2D eigenvalue weighted by Crippen LogP contribution is 2.12. The Labute approximate surface area is 121 Å². The molecule has 1 fully saturated rings. The molecule has 0 spiro atoms. The lowest BCUT2D eigenvalue weighted by molar-refractivity contribution is -0.133. The van der Waals surface area contributed by atoms with Crippen LogP contribution in [-0.4, -0.2) is 74.2 Å². The van der Waals surface area contributed by atoms with Gasteiger partial charge < -0.3 is 10.6 Å². The van der Waals surface area contributed by atoms with Crippen LogP contribution in [0.3, 0.4) is 0 Å². The lowest BCUT2D eigenvalue weighted by Gasteiger charge is -2.35. The van der Waals surface area contributed by atoms with Crippen molar-refractivity contribution in [2.45, 2.75) is 26.3 Å². The molecular weight excluding hydrogens is 280 g/mol. The van der Waals surface area contributed by atoms with Crippen molar-refractivity contribution in [3.63, 3.8) is 0 Å². The molecule has 118 valence electrons. The monoisotopic (exact) mass is 306 g/mol. The minimum Gasteiger partial charge on any atom is -0.340 e. The number of hydrogen-bond donors (Lipinski definition) is 1. The van der Waals surface area contributed by atoms with Crippen LogP contribution in [0.25, 0.3) is 0 Å². The SMILES string of the molecule is CC(C)C(N)CC(=O)N1CCN(S(=O)(=O)N(C)C)CC1. The summed E-state index contributed by atoms with van der Waals surface area (Å²) in [6, 6.07) is -0.147. The van der Waals surface area contributed by atoms with E-state index in [-0.39, 0.29) is 17.9 Å². The van der Waals surface area contributed by atoms with Gasteiger partial charge in [0.2, 0.25) is 5.91 Å². The van der Waals surface area contributed by atoms with E-state index in [1.54, 1.807) is 4.90 Å². The van der Waals surface area contributed by atoms with Crippen molar-refractivity contribution < 1.29 is 13.2 Å². The molecule has 1 saturated heterocycles. The number of nitrogens with two attached hydrogens (primary N) is 1. The van der Waals surface area contributed by atoms with Gasteiger partial charge in [0.1, 0.15) is 0 Å². The van der Waals surface area contributed by atoms with E-state index in [0.717, 1.165) is 0 Å². The smallest absolute Gasteiger partial charge is 0.281 e. The molecular formula is C12H26N4O3S. The van der Waals surface area contributed by atoms with E-state index >= 15 is 0 Å². The van der Waals surface area contributed by atoms with Crippen molar-refractivity contribution in [2.24, 2.45) is 11.7 Å². The third-order valence-electron chi connectivity index (χ3n) is 3.65. The van der Waals surface area contributed by atoms with Crippen molar-refractivity contribution in [1.29, 1.82) is 0 Å². The van der Waals surface area contributed by atoms with E-state index in [1.807, 2.05) is 13.8 Å². The number of carbonyl (C=O) groups excluding carboxylic acids is 1. The van der Waals surface area contributed by atoms with Gasteiger partial charge in [0.25, 0.3) is 10.2 Å². The Morgan fingerprint density at radius 1 is 1.20 bits per heavy atom. The second-order valence-corrected chi connectivity index (χ2v) is 7.82. The first-order valence-electron chi connectivity index (χ1n) is 6.87. The highest BCUT2D eigenvalue weighted by atomic mass is 32.2. The third kappa shape index (κ3) is 4.15. The van der Waals surface area contributed by atoms with Crippen LogP contribution in [-0.2, 0) is 15.0 Å². The summed E-state index contributed by atoms with van der Waals surface area (Å²) in [5.41, 5.74) is 5.90. The number of nitrogens with zero attached hydrogens (tertiary/aromatic N) is 3. The molecule has 7 nitrogen and oxygen atoms in total. The summed E-state index contributed by atoms with van der Waals surface area (Å²) in [6.07, 6.45) is 0.318. The molecule has 0 bridgehead atoms. The Kier molecular flexibility index (Phi) is 5.93. The number of amides is 1. The maximum atomic E-state index is 12.1. The molecule has 1 atom stereocenters. The average molecular weight is 306 g/mol. The molecule has 1 heterocycles. The minimum atomic E-state index is -3.38. The lowest BCUT2D eigenvalue weighted by atomic mass is 10.0. The molecule has 2 N–H and O–H groups in total. The number of piperazine rings is 1. The Bertz CT molecular complexity index is 428. The molecule has 0 aromatic rings. The second kappa shape index (κ2) is 6.84. The van der Waals surface area contributed by atoms with Crippen LogP contribution < -0.4 is 5.73 Å². The summed E-state index contributed by atoms with van der Waals surface area (Å²) in [6.45, 7) is 5.50. The van der Waals surface area contributed by atoms with E-state index in [4.69, 9.17) is 5.73 Å². The highest BCUT2D eigenvalue weighted by Gasteiger charge is 2.30. The fourth-order valence-electron chi connectivity index (χ4n) is 1.97. The van der Waals surface area contributed by atoms with E-state index in [2.05, 4.69) is 0 Å². The van der Waals surface area contributed by atoms with Crippen LogP contribution in [0.2, 0.25) is 0 Å². The van der Waals surface area contributed by atoms with Gasteiger partial charge in [0.15, 0.2) is 0 Å². The lowest BCUT2D eigenvalue weighted by Crippen LogP contribution is -2.53. The van der Waals surface area contributed by atoms with Gasteiger partial charge in [-0.1, -0.05) is 13.8 Å². The second-order valence-electron chi connectivity index (χ2n) is 5.68. The first-order chi connectivity index (χ1) is 9.16. The van der Waals surface area contributed by atoms with Gasteiger partial charge in [-0.3, -0.25) is 4.79 Å².